The fourth-order valence-corrected chi connectivity index (χ4v) is 1.65. The summed E-state index contributed by atoms with van der Waals surface area (Å²) in [6.45, 7) is 0.190. The van der Waals surface area contributed by atoms with Crippen molar-refractivity contribution in [3.8, 4) is 6.07 Å². The number of fused-ring (bicyclic) bond motifs is 1. The van der Waals surface area contributed by atoms with Crippen molar-refractivity contribution in [3.63, 3.8) is 0 Å². The Labute approximate surface area is 92.3 Å². The summed E-state index contributed by atoms with van der Waals surface area (Å²) >= 11 is 0. The van der Waals surface area contributed by atoms with Gasteiger partial charge >= 0.3 is 0 Å². The van der Waals surface area contributed by atoms with Crippen molar-refractivity contribution in [1.82, 2.24) is 0 Å². The lowest BCUT2D eigenvalue weighted by Gasteiger charge is -2.28. The maximum absolute atomic E-state index is 11.6. The van der Waals surface area contributed by atoms with Gasteiger partial charge in [-0.25, -0.2) is 0 Å². The molecule has 16 heavy (non-hydrogen) atoms. The van der Waals surface area contributed by atoms with Crippen molar-refractivity contribution in [2.24, 2.45) is 0 Å². The molecule has 0 aromatic heterocycles. The minimum absolute atomic E-state index is 0.0163. The number of benzene rings is 1. The SMILES string of the molecule is N#Cc1ccc2c(c1)N(CC=O)C(=O)CN2. The topological polar surface area (TPSA) is 73.2 Å². The Kier molecular flexibility index (Phi) is 2.56. The molecule has 0 atom stereocenters. The monoisotopic (exact) mass is 215 g/mol. The van der Waals surface area contributed by atoms with Crippen LogP contribution in [0.15, 0.2) is 18.2 Å². The van der Waals surface area contributed by atoms with Crippen molar-refractivity contribution >= 4 is 23.6 Å². The molecule has 1 heterocycles. The van der Waals surface area contributed by atoms with Crippen LogP contribution in [0.25, 0.3) is 0 Å². The first-order chi connectivity index (χ1) is 7.76. The van der Waals surface area contributed by atoms with Gasteiger partial charge in [-0.15, -0.1) is 0 Å². The molecular weight excluding hydrogens is 206 g/mol. The molecule has 0 aliphatic carbocycles. The van der Waals surface area contributed by atoms with E-state index in [0.717, 1.165) is 5.69 Å². The number of hydrogen-bond acceptors (Lipinski definition) is 4. The first kappa shape index (κ1) is 10.2. The van der Waals surface area contributed by atoms with E-state index >= 15 is 0 Å². The number of nitriles is 1. The summed E-state index contributed by atoms with van der Waals surface area (Å²) in [5, 5.41) is 11.7. The number of hydrogen-bond donors (Lipinski definition) is 1. The molecule has 1 N–H and O–H groups in total. The summed E-state index contributed by atoms with van der Waals surface area (Å²) < 4.78 is 0. The van der Waals surface area contributed by atoms with Crippen LogP contribution in [0.4, 0.5) is 11.4 Å². The summed E-state index contributed by atoms with van der Waals surface area (Å²) in [6, 6.07) is 7.00. The number of anilines is 2. The second kappa shape index (κ2) is 4.03. The van der Waals surface area contributed by atoms with E-state index in [-0.39, 0.29) is 19.0 Å². The number of rotatable bonds is 2. The van der Waals surface area contributed by atoms with Crippen LogP contribution in [-0.2, 0) is 9.59 Å². The zero-order valence-corrected chi connectivity index (χ0v) is 8.43. The summed E-state index contributed by atoms with van der Waals surface area (Å²) in [4.78, 5) is 23.4. The minimum atomic E-state index is -0.172. The highest BCUT2D eigenvalue weighted by atomic mass is 16.2. The van der Waals surface area contributed by atoms with Gasteiger partial charge in [0.2, 0.25) is 5.91 Å². The molecule has 2 rings (SSSR count). The lowest BCUT2D eigenvalue weighted by atomic mass is 10.1. The highest BCUT2D eigenvalue weighted by Crippen LogP contribution is 2.29. The lowest BCUT2D eigenvalue weighted by molar-refractivity contribution is -0.118. The molecule has 5 nitrogen and oxygen atoms in total. The van der Waals surface area contributed by atoms with E-state index in [0.29, 0.717) is 17.5 Å². The van der Waals surface area contributed by atoms with Gasteiger partial charge in [0.25, 0.3) is 0 Å². The van der Waals surface area contributed by atoms with E-state index < -0.39 is 0 Å². The van der Waals surface area contributed by atoms with Crippen molar-refractivity contribution < 1.29 is 9.59 Å². The fourth-order valence-electron chi connectivity index (χ4n) is 1.65. The number of amides is 1. The van der Waals surface area contributed by atoms with Gasteiger partial charge in [0.15, 0.2) is 0 Å². The third-order valence-corrected chi connectivity index (χ3v) is 2.41. The van der Waals surface area contributed by atoms with Gasteiger partial charge in [-0.3, -0.25) is 4.79 Å². The normalized spacial score (nSPS) is 13.7. The average molecular weight is 215 g/mol. The van der Waals surface area contributed by atoms with Crippen molar-refractivity contribution in [1.29, 1.82) is 5.26 Å². The van der Waals surface area contributed by atoms with Crippen LogP contribution in [0.1, 0.15) is 5.56 Å². The Hall–Kier alpha value is -2.35. The van der Waals surface area contributed by atoms with Crippen LogP contribution in [-0.4, -0.2) is 25.3 Å². The second-order valence-electron chi connectivity index (χ2n) is 3.37. The van der Waals surface area contributed by atoms with E-state index in [4.69, 9.17) is 5.26 Å². The van der Waals surface area contributed by atoms with E-state index in [9.17, 15) is 9.59 Å². The Bertz CT molecular complexity index is 490. The lowest BCUT2D eigenvalue weighted by Crippen LogP contribution is -2.40. The number of carbonyl (C=O) groups is 2. The molecule has 0 spiro atoms. The van der Waals surface area contributed by atoms with Crippen molar-refractivity contribution in [2.45, 2.75) is 0 Å². The zero-order valence-electron chi connectivity index (χ0n) is 8.43. The molecule has 1 aromatic rings. The number of nitrogens with one attached hydrogen (secondary N) is 1. The molecule has 1 aliphatic heterocycles. The average Bonchev–Trinajstić information content (AvgIpc) is 2.32. The minimum Gasteiger partial charge on any atom is -0.374 e. The van der Waals surface area contributed by atoms with Crippen LogP contribution >= 0.6 is 0 Å². The summed E-state index contributed by atoms with van der Waals surface area (Å²) in [5.74, 6) is -0.172. The summed E-state index contributed by atoms with van der Waals surface area (Å²) in [7, 11) is 0. The van der Waals surface area contributed by atoms with Crippen LogP contribution in [0.2, 0.25) is 0 Å². The third kappa shape index (κ3) is 1.61. The van der Waals surface area contributed by atoms with Gasteiger partial charge < -0.3 is 15.0 Å². The Morgan fingerprint density at radius 3 is 3.06 bits per heavy atom. The molecule has 80 valence electrons. The molecule has 5 heteroatoms. The van der Waals surface area contributed by atoms with Gasteiger partial charge in [0, 0.05) is 0 Å². The van der Waals surface area contributed by atoms with Gasteiger partial charge in [0.05, 0.1) is 36.1 Å². The van der Waals surface area contributed by atoms with Gasteiger partial charge in [-0.05, 0) is 18.2 Å². The van der Waals surface area contributed by atoms with E-state index in [1.165, 1.54) is 4.90 Å². The highest BCUT2D eigenvalue weighted by Gasteiger charge is 2.23. The molecule has 1 aromatic carbocycles. The molecule has 1 aliphatic rings. The van der Waals surface area contributed by atoms with E-state index in [1.807, 2.05) is 6.07 Å². The molecule has 0 radical (unpaired) electrons. The first-order valence-corrected chi connectivity index (χ1v) is 4.78. The van der Waals surface area contributed by atoms with E-state index in [2.05, 4.69) is 5.32 Å². The number of aldehydes is 1. The standard InChI is InChI=1S/C11H9N3O2/c12-6-8-1-2-9-10(5-8)14(3-4-15)11(16)7-13-9/h1-2,4-5,13H,3,7H2. The van der Waals surface area contributed by atoms with E-state index in [1.54, 1.807) is 18.2 Å². The number of nitrogens with zero attached hydrogens (tertiary/aromatic N) is 2. The molecule has 0 fully saturated rings. The Morgan fingerprint density at radius 2 is 2.38 bits per heavy atom. The molecule has 0 bridgehead atoms. The first-order valence-electron chi connectivity index (χ1n) is 4.78. The molecule has 0 saturated carbocycles. The predicted octanol–water partition coefficient (Wildman–Crippen LogP) is 0.516. The van der Waals surface area contributed by atoms with Crippen molar-refractivity contribution in [3.05, 3.63) is 23.8 Å². The van der Waals surface area contributed by atoms with Gasteiger partial charge in [-0.1, -0.05) is 0 Å². The van der Waals surface area contributed by atoms with Gasteiger partial charge in [0.1, 0.15) is 6.29 Å². The Balaban J connectivity index is 2.48. The van der Waals surface area contributed by atoms with Crippen LogP contribution in [0, 0.1) is 11.3 Å². The van der Waals surface area contributed by atoms with Gasteiger partial charge in [-0.2, -0.15) is 5.26 Å². The number of carbonyl (C=O) groups excluding carboxylic acids is 2. The quantitative estimate of drug-likeness (QED) is 0.730. The summed E-state index contributed by atoms with van der Waals surface area (Å²) in [6.07, 6.45) is 0.673. The molecule has 0 unspecified atom stereocenters. The van der Waals surface area contributed by atoms with Crippen LogP contribution in [0.3, 0.4) is 0 Å². The molecular formula is C11H9N3O2. The maximum Gasteiger partial charge on any atom is 0.246 e. The largest absolute Gasteiger partial charge is 0.374 e. The van der Waals surface area contributed by atoms with Crippen LogP contribution in [0.5, 0.6) is 0 Å². The highest BCUT2D eigenvalue weighted by molar-refractivity contribution is 6.04. The molecule has 1 amide bonds. The zero-order chi connectivity index (χ0) is 11.5. The maximum atomic E-state index is 11.6. The molecule has 0 saturated heterocycles. The van der Waals surface area contributed by atoms with Crippen LogP contribution < -0.4 is 10.2 Å². The van der Waals surface area contributed by atoms with Crippen molar-refractivity contribution in [2.75, 3.05) is 23.3 Å². The third-order valence-electron chi connectivity index (χ3n) is 2.41. The predicted molar refractivity (Wildman–Crippen MR) is 58.1 cm³/mol. The smallest absolute Gasteiger partial charge is 0.246 e. The summed E-state index contributed by atoms with van der Waals surface area (Å²) in [5.41, 5.74) is 1.81. The fraction of sp³-hybridized carbons (Fsp3) is 0.182. The second-order valence-corrected chi connectivity index (χ2v) is 3.37. The Morgan fingerprint density at radius 1 is 1.56 bits per heavy atom.